The van der Waals surface area contributed by atoms with Crippen LogP contribution in [-0.2, 0) is 13.2 Å². The zero-order chi connectivity index (χ0) is 14.8. The minimum atomic E-state index is -0.278. The number of nitrogens with zero attached hydrogens (tertiary/aromatic N) is 1. The van der Waals surface area contributed by atoms with E-state index in [-0.39, 0.29) is 5.82 Å². The van der Waals surface area contributed by atoms with E-state index in [2.05, 4.69) is 42.8 Å². The van der Waals surface area contributed by atoms with Gasteiger partial charge in [0.1, 0.15) is 18.2 Å². The van der Waals surface area contributed by atoms with Gasteiger partial charge >= 0.3 is 0 Å². The van der Waals surface area contributed by atoms with E-state index in [0.29, 0.717) is 12.4 Å². The number of fused-ring (bicyclic) bond motifs is 1. The molecule has 0 saturated carbocycles. The molecule has 2 nitrogen and oxygen atoms in total. The Hall–Kier alpha value is -2.29. The van der Waals surface area contributed by atoms with Crippen LogP contribution in [0.4, 0.5) is 4.39 Å². The van der Waals surface area contributed by atoms with Crippen molar-refractivity contribution < 1.29 is 9.13 Å². The molecule has 0 bridgehead atoms. The van der Waals surface area contributed by atoms with Gasteiger partial charge in [-0.25, -0.2) is 4.39 Å². The van der Waals surface area contributed by atoms with Crippen LogP contribution in [0.5, 0.6) is 5.75 Å². The second kappa shape index (κ2) is 5.60. The highest BCUT2D eigenvalue weighted by Crippen LogP contribution is 2.26. The van der Waals surface area contributed by atoms with Crippen LogP contribution < -0.4 is 4.74 Å². The van der Waals surface area contributed by atoms with Crippen LogP contribution in [0.2, 0.25) is 0 Å². The Labute approximate surface area is 123 Å². The average Bonchev–Trinajstić information content (AvgIpc) is 2.85. The van der Waals surface area contributed by atoms with Crippen molar-refractivity contribution in [2.24, 2.45) is 0 Å². The molecule has 2 aromatic carbocycles. The van der Waals surface area contributed by atoms with E-state index in [9.17, 15) is 4.39 Å². The van der Waals surface area contributed by atoms with Crippen molar-refractivity contribution in [3.63, 3.8) is 0 Å². The Balaban J connectivity index is 1.92. The number of ether oxygens (including phenoxy) is 1. The van der Waals surface area contributed by atoms with Gasteiger partial charge in [0, 0.05) is 29.8 Å². The summed E-state index contributed by atoms with van der Waals surface area (Å²) >= 11 is 0. The second-order valence-corrected chi connectivity index (χ2v) is 5.16. The second-order valence-electron chi connectivity index (χ2n) is 5.16. The molecule has 0 aliphatic heterocycles. The first-order chi connectivity index (χ1) is 10.2. The molecule has 0 fully saturated rings. The van der Waals surface area contributed by atoms with Crippen molar-refractivity contribution in [1.29, 1.82) is 0 Å². The molecule has 0 amide bonds. The highest BCUT2D eigenvalue weighted by atomic mass is 19.1. The lowest BCUT2D eigenvalue weighted by atomic mass is 10.1. The number of para-hydroxylation sites is 1. The third-order valence-electron chi connectivity index (χ3n) is 3.71. The molecule has 0 aliphatic rings. The maximum atomic E-state index is 13.2. The van der Waals surface area contributed by atoms with Gasteiger partial charge in [0.25, 0.3) is 0 Å². The first kappa shape index (κ1) is 13.7. The van der Waals surface area contributed by atoms with Gasteiger partial charge < -0.3 is 9.30 Å². The predicted molar refractivity (Wildman–Crippen MR) is 83.1 cm³/mol. The van der Waals surface area contributed by atoms with Gasteiger partial charge in [0.05, 0.1) is 5.52 Å². The Kier molecular flexibility index (Phi) is 3.65. The molecule has 0 N–H and O–H groups in total. The van der Waals surface area contributed by atoms with Crippen LogP contribution in [0.1, 0.15) is 18.1 Å². The number of halogens is 1. The van der Waals surface area contributed by atoms with Crippen molar-refractivity contribution in [1.82, 2.24) is 4.57 Å². The standard InChI is InChI=1S/C18H18FNO/c1-3-20-11-14(17-9-4-6-13(2)18(17)20)12-21-16-8-5-7-15(19)10-16/h4-11H,3,12H2,1-2H3. The minimum Gasteiger partial charge on any atom is -0.489 e. The summed E-state index contributed by atoms with van der Waals surface area (Å²) < 4.78 is 21.1. The van der Waals surface area contributed by atoms with Crippen LogP contribution in [0.25, 0.3) is 10.9 Å². The Morgan fingerprint density at radius 2 is 1.95 bits per heavy atom. The molecule has 0 unspecified atom stereocenters. The van der Waals surface area contributed by atoms with Crippen LogP contribution in [-0.4, -0.2) is 4.57 Å². The van der Waals surface area contributed by atoms with E-state index >= 15 is 0 Å². The molecule has 0 radical (unpaired) electrons. The van der Waals surface area contributed by atoms with E-state index in [1.807, 2.05) is 0 Å². The fourth-order valence-electron chi connectivity index (χ4n) is 2.70. The summed E-state index contributed by atoms with van der Waals surface area (Å²) in [7, 11) is 0. The lowest BCUT2D eigenvalue weighted by Crippen LogP contribution is -1.95. The molecule has 21 heavy (non-hydrogen) atoms. The highest BCUT2D eigenvalue weighted by Gasteiger charge is 2.10. The largest absolute Gasteiger partial charge is 0.489 e. The van der Waals surface area contributed by atoms with E-state index < -0.39 is 0 Å². The van der Waals surface area contributed by atoms with Crippen LogP contribution in [0.3, 0.4) is 0 Å². The number of aryl methyl sites for hydroxylation is 2. The number of rotatable bonds is 4. The Morgan fingerprint density at radius 3 is 2.71 bits per heavy atom. The fourth-order valence-corrected chi connectivity index (χ4v) is 2.70. The summed E-state index contributed by atoms with van der Waals surface area (Å²) in [5, 5.41) is 1.20. The molecule has 0 spiro atoms. The monoisotopic (exact) mass is 283 g/mol. The SMILES string of the molecule is CCn1cc(COc2cccc(F)c2)c2cccc(C)c21. The summed E-state index contributed by atoms with van der Waals surface area (Å²) in [5.74, 6) is 0.277. The summed E-state index contributed by atoms with van der Waals surface area (Å²) in [6.07, 6.45) is 2.12. The number of aromatic nitrogens is 1. The molecule has 0 aliphatic carbocycles. The van der Waals surface area contributed by atoms with Crippen molar-refractivity contribution in [3.8, 4) is 5.75 Å². The van der Waals surface area contributed by atoms with E-state index in [0.717, 1.165) is 12.1 Å². The van der Waals surface area contributed by atoms with Gasteiger partial charge in [-0.1, -0.05) is 24.3 Å². The summed E-state index contributed by atoms with van der Waals surface area (Å²) in [4.78, 5) is 0. The van der Waals surface area contributed by atoms with Crippen LogP contribution >= 0.6 is 0 Å². The van der Waals surface area contributed by atoms with Crippen LogP contribution in [0.15, 0.2) is 48.7 Å². The third kappa shape index (κ3) is 2.64. The molecule has 0 atom stereocenters. The smallest absolute Gasteiger partial charge is 0.126 e. The summed E-state index contributed by atoms with van der Waals surface area (Å²) in [6.45, 7) is 5.60. The maximum absolute atomic E-state index is 13.2. The number of hydrogen-bond donors (Lipinski definition) is 0. The minimum absolute atomic E-state index is 0.278. The average molecular weight is 283 g/mol. The first-order valence-electron chi connectivity index (χ1n) is 7.14. The van der Waals surface area contributed by atoms with Gasteiger partial charge in [0.2, 0.25) is 0 Å². The van der Waals surface area contributed by atoms with Gasteiger partial charge in [-0.2, -0.15) is 0 Å². The highest BCUT2D eigenvalue weighted by molar-refractivity contribution is 5.86. The molecule has 3 rings (SSSR count). The van der Waals surface area contributed by atoms with Crippen molar-refractivity contribution in [2.45, 2.75) is 27.0 Å². The molecular weight excluding hydrogens is 265 g/mol. The van der Waals surface area contributed by atoms with Gasteiger partial charge in [-0.15, -0.1) is 0 Å². The molecule has 108 valence electrons. The normalized spacial score (nSPS) is 11.0. The lowest BCUT2D eigenvalue weighted by Gasteiger charge is -2.05. The Morgan fingerprint density at radius 1 is 1.14 bits per heavy atom. The van der Waals surface area contributed by atoms with Crippen molar-refractivity contribution >= 4 is 10.9 Å². The molecule has 1 heterocycles. The topological polar surface area (TPSA) is 14.2 Å². The van der Waals surface area contributed by atoms with Crippen LogP contribution in [0, 0.1) is 12.7 Å². The first-order valence-corrected chi connectivity index (χ1v) is 7.14. The Bertz CT molecular complexity index is 776. The van der Waals surface area contributed by atoms with Gasteiger partial charge in [-0.3, -0.25) is 0 Å². The number of hydrogen-bond acceptors (Lipinski definition) is 1. The lowest BCUT2D eigenvalue weighted by molar-refractivity contribution is 0.305. The third-order valence-corrected chi connectivity index (χ3v) is 3.71. The van der Waals surface area contributed by atoms with E-state index in [1.165, 1.54) is 28.6 Å². The zero-order valence-corrected chi connectivity index (χ0v) is 12.3. The number of benzene rings is 2. The van der Waals surface area contributed by atoms with E-state index in [1.54, 1.807) is 12.1 Å². The molecular formula is C18H18FNO. The molecule has 0 saturated heterocycles. The quantitative estimate of drug-likeness (QED) is 0.677. The summed E-state index contributed by atoms with van der Waals surface area (Å²) in [5.41, 5.74) is 3.63. The predicted octanol–water partition coefficient (Wildman–Crippen LogP) is 4.69. The fraction of sp³-hybridized carbons (Fsp3) is 0.222. The van der Waals surface area contributed by atoms with Crippen molar-refractivity contribution in [2.75, 3.05) is 0 Å². The zero-order valence-electron chi connectivity index (χ0n) is 12.3. The molecule has 1 aromatic heterocycles. The van der Waals surface area contributed by atoms with Gasteiger partial charge in [-0.05, 0) is 31.5 Å². The van der Waals surface area contributed by atoms with E-state index in [4.69, 9.17) is 4.74 Å². The molecule has 3 aromatic rings. The van der Waals surface area contributed by atoms with Gasteiger partial charge in [0.15, 0.2) is 0 Å². The summed E-state index contributed by atoms with van der Waals surface area (Å²) in [6, 6.07) is 12.5. The van der Waals surface area contributed by atoms with Crippen molar-refractivity contribution in [3.05, 3.63) is 65.6 Å². The maximum Gasteiger partial charge on any atom is 0.126 e. The molecule has 3 heteroatoms.